The van der Waals surface area contributed by atoms with Crippen molar-refractivity contribution in [3.05, 3.63) is 71.9 Å². The average molecular weight is 464 g/mol. The molecule has 1 aromatic heterocycles. The number of nitrogens with one attached hydrogen (secondary N) is 3. The van der Waals surface area contributed by atoms with E-state index in [9.17, 15) is 14.4 Å². The van der Waals surface area contributed by atoms with Crippen LogP contribution in [0.3, 0.4) is 0 Å². The minimum Gasteiger partial charge on any atom is -0.370 e. The number of carbonyl (C=O) groups excluding carboxylic acids is 3. The van der Waals surface area contributed by atoms with Gasteiger partial charge in [0.15, 0.2) is 5.96 Å². The first-order valence-corrected chi connectivity index (χ1v) is 10.9. The van der Waals surface area contributed by atoms with Gasteiger partial charge in [-0.15, -0.1) is 0 Å². The van der Waals surface area contributed by atoms with Crippen molar-refractivity contribution in [2.24, 2.45) is 22.2 Å². The van der Waals surface area contributed by atoms with Crippen molar-refractivity contribution in [3.63, 3.8) is 0 Å². The lowest BCUT2D eigenvalue weighted by molar-refractivity contribution is -0.128. The Hall–Kier alpha value is -4.34. The highest BCUT2D eigenvalue weighted by atomic mass is 16.2. The zero-order chi connectivity index (χ0) is 24.5. The van der Waals surface area contributed by atoms with Gasteiger partial charge in [0.2, 0.25) is 11.8 Å². The third-order valence-electron chi connectivity index (χ3n) is 5.28. The molecule has 3 aromatic rings. The smallest absolute Gasteiger partial charge is 0.268 e. The molecule has 0 aliphatic carbocycles. The first kappa shape index (κ1) is 24.3. The molecule has 1 heterocycles. The van der Waals surface area contributed by atoms with Gasteiger partial charge in [-0.3, -0.25) is 19.4 Å². The number of hydrogen-bond acceptors (Lipinski definition) is 4. The van der Waals surface area contributed by atoms with E-state index in [1.165, 1.54) is 0 Å². The van der Waals surface area contributed by atoms with Gasteiger partial charge in [-0.1, -0.05) is 48.5 Å². The van der Waals surface area contributed by atoms with E-state index < -0.39 is 29.8 Å². The molecule has 9 N–H and O–H groups in total. The largest absolute Gasteiger partial charge is 0.370 e. The molecule has 0 bridgehead atoms. The number of aromatic nitrogens is 1. The summed E-state index contributed by atoms with van der Waals surface area (Å²) < 4.78 is 0. The number of H-pyrrole nitrogens is 1. The van der Waals surface area contributed by atoms with Crippen LogP contribution < -0.4 is 27.8 Å². The van der Waals surface area contributed by atoms with E-state index in [1.807, 2.05) is 54.6 Å². The van der Waals surface area contributed by atoms with Gasteiger partial charge in [0.05, 0.1) is 0 Å². The molecule has 0 aliphatic heterocycles. The van der Waals surface area contributed by atoms with E-state index in [1.54, 1.807) is 6.07 Å². The SMILES string of the molecule is NC(=O)[C@H](Cc1ccccc1)NC(=O)[C@H](CCCN=C(N)N)NC(=O)c1cc2ccccc2[nH]1. The van der Waals surface area contributed by atoms with Crippen LogP contribution in [0.5, 0.6) is 0 Å². The molecule has 2 atom stereocenters. The van der Waals surface area contributed by atoms with Crippen molar-refractivity contribution in [1.29, 1.82) is 0 Å². The van der Waals surface area contributed by atoms with Crippen LogP contribution in [-0.4, -0.2) is 47.3 Å². The number of carbonyl (C=O) groups is 3. The van der Waals surface area contributed by atoms with Crippen molar-refractivity contribution >= 4 is 34.6 Å². The second-order valence-corrected chi connectivity index (χ2v) is 7.90. The Balaban J connectivity index is 1.73. The van der Waals surface area contributed by atoms with Crippen LogP contribution in [0.4, 0.5) is 0 Å². The number of rotatable bonds is 11. The number of amides is 3. The molecular weight excluding hydrogens is 434 g/mol. The van der Waals surface area contributed by atoms with Gasteiger partial charge < -0.3 is 32.8 Å². The minimum atomic E-state index is -0.930. The highest BCUT2D eigenvalue weighted by Crippen LogP contribution is 2.15. The molecule has 178 valence electrons. The summed E-state index contributed by atoms with van der Waals surface area (Å²) in [5.74, 6) is -1.69. The van der Waals surface area contributed by atoms with E-state index in [-0.39, 0.29) is 25.3 Å². The molecule has 2 aromatic carbocycles. The number of benzene rings is 2. The Morgan fingerprint density at radius 3 is 2.29 bits per heavy atom. The van der Waals surface area contributed by atoms with Crippen molar-refractivity contribution in [3.8, 4) is 0 Å². The summed E-state index contributed by atoms with van der Waals surface area (Å²) in [6.07, 6.45) is 0.924. The fraction of sp³-hybridized carbons (Fsp3) is 0.250. The van der Waals surface area contributed by atoms with Gasteiger partial charge >= 0.3 is 0 Å². The van der Waals surface area contributed by atoms with Gasteiger partial charge in [0, 0.05) is 23.9 Å². The molecule has 34 heavy (non-hydrogen) atoms. The lowest BCUT2D eigenvalue weighted by atomic mass is 10.0. The summed E-state index contributed by atoms with van der Waals surface area (Å²) in [4.78, 5) is 45.0. The first-order valence-electron chi connectivity index (χ1n) is 10.9. The van der Waals surface area contributed by atoms with Crippen LogP contribution >= 0.6 is 0 Å². The fourth-order valence-electron chi connectivity index (χ4n) is 3.55. The molecule has 0 saturated heterocycles. The van der Waals surface area contributed by atoms with Crippen molar-refractivity contribution in [1.82, 2.24) is 15.6 Å². The molecule has 0 radical (unpaired) electrons. The van der Waals surface area contributed by atoms with E-state index in [2.05, 4.69) is 20.6 Å². The maximum absolute atomic E-state index is 13.1. The van der Waals surface area contributed by atoms with Crippen LogP contribution in [0.15, 0.2) is 65.7 Å². The highest BCUT2D eigenvalue weighted by Gasteiger charge is 2.26. The summed E-state index contributed by atoms with van der Waals surface area (Å²) in [7, 11) is 0. The van der Waals surface area contributed by atoms with Crippen LogP contribution in [0, 0.1) is 0 Å². The predicted molar refractivity (Wildman–Crippen MR) is 131 cm³/mol. The quantitative estimate of drug-likeness (QED) is 0.138. The lowest BCUT2D eigenvalue weighted by Gasteiger charge is -2.22. The molecule has 0 fully saturated rings. The van der Waals surface area contributed by atoms with Crippen LogP contribution in [0.1, 0.15) is 28.9 Å². The Morgan fingerprint density at radius 1 is 0.912 bits per heavy atom. The lowest BCUT2D eigenvalue weighted by Crippen LogP contribution is -2.53. The minimum absolute atomic E-state index is 0.0558. The zero-order valence-corrected chi connectivity index (χ0v) is 18.7. The molecule has 3 amide bonds. The Labute approximate surface area is 197 Å². The molecule has 0 unspecified atom stereocenters. The number of nitrogens with zero attached hydrogens (tertiary/aromatic N) is 1. The number of aliphatic imine (C=N–C) groups is 1. The van der Waals surface area contributed by atoms with Gasteiger partial charge in [-0.05, 0) is 30.5 Å². The Bertz CT molecular complexity index is 1140. The van der Waals surface area contributed by atoms with Crippen molar-refractivity contribution in [2.75, 3.05) is 6.54 Å². The molecule has 10 heteroatoms. The maximum Gasteiger partial charge on any atom is 0.268 e. The third-order valence-corrected chi connectivity index (χ3v) is 5.28. The standard InChI is InChI=1S/C24H29N7O3/c25-21(32)19(13-15-7-2-1-3-8-15)31-22(33)18(11-6-12-28-24(26)27)30-23(34)20-14-16-9-4-5-10-17(16)29-20/h1-5,7-10,14,18-19,29H,6,11-13H2,(H2,25,32)(H,30,34)(H,31,33)(H4,26,27,28)/t18-,19-/m0/s1. The summed E-state index contributed by atoms with van der Waals surface area (Å²) >= 11 is 0. The second kappa shape index (κ2) is 11.5. The van der Waals surface area contributed by atoms with Crippen molar-refractivity contribution < 1.29 is 14.4 Å². The van der Waals surface area contributed by atoms with Gasteiger partial charge in [-0.2, -0.15) is 0 Å². The summed E-state index contributed by atoms with van der Waals surface area (Å²) in [6.45, 7) is 0.289. The molecule has 0 spiro atoms. The molecular formula is C24H29N7O3. The number of hydrogen-bond donors (Lipinski definition) is 6. The molecule has 0 aliphatic rings. The van der Waals surface area contributed by atoms with E-state index in [0.717, 1.165) is 16.5 Å². The normalized spacial score (nSPS) is 12.5. The first-order chi connectivity index (χ1) is 16.3. The van der Waals surface area contributed by atoms with E-state index >= 15 is 0 Å². The Morgan fingerprint density at radius 2 is 1.62 bits per heavy atom. The maximum atomic E-state index is 13.1. The van der Waals surface area contributed by atoms with Crippen LogP contribution in [-0.2, 0) is 16.0 Å². The molecule has 0 saturated carbocycles. The van der Waals surface area contributed by atoms with E-state index in [0.29, 0.717) is 12.1 Å². The van der Waals surface area contributed by atoms with Gasteiger partial charge in [0.1, 0.15) is 17.8 Å². The third kappa shape index (κ3) is 6.83. The summed E-state index contributed by atoms with van der Waals surface area (Å²) in [5, 5.41) is 6.29. The molecule has 3 rings (SSSR count). The number of aromatic amines is 1. The van der Waals surface area contributed by atoms with Crippen molar-refractivity contribution in [2.45, 2.75) is 31.3 Å². The number of para-hydroxylation sites is 1. The van der Waals surface area contributed by atoms with Gasteiger partial charge in [0.25, 0.3) is 5.91 Å². The number of primary amides is 1. The number of guanidine groups is 1. The zero-order valence-electron chi connectivity index (χ0n) is 18.7. The summed E-state index contributed by atoms with van der Waals surface area (Å²) in [6, 6.07) is 16.5. The summed E-state index contributed by atoms with van der Waals surface area (Å²) in [5.41, 5.74) is 18.2. The van der Waals surface area contributed by atoms with Gasteiger partial charge in [-0.25, -0.2) is 0 Å². The monoisotopic (exact) mass is 463 g/mol. The number of nitrogens with two attached hydrogens (primary N) is 3. The second-order valence-electron chi connectivity index (χ2n) is 7.90. The van der Waals surface area contributed by atoms with Crippen LogP contribution in [0.25, 0.3) is 10.9 Å². The highest BCUT2D eigenvalue weighted by molar-refractivity contribution is 6.00. The fourth-order valence-corrected chi connectivity index (χ4v) is 3.55. The number of fused-ring (bicyclic) bond motifs is 1. The predicted octanol–water partition coefficient (Wildman–Crippen LogP) is 0.533. The average Bonchev–Trinajstić information content (AvgIpc) is 3.25. The molecule has 10 nitrogen and oxygen atoms in total. The Kier molecular flexibility index (Phi) is 8.22. The van der Waals surface area contributed by atoms with Crippen LogP contribution in [0.2, 0.25) is 0 Å². The van der Waals surface area contributed by atoms with E-state index in [4.69, 9.17) is 17.2 Å². The topological polar surface area (TPSA) is 181 Å².